The largest absolute Gasteiger partial charge is 0.481 e. The summed E-state index contributed by atoms with van der Waals surface area (Å²) in [6, 6.07) is 2.30. The van der Waals surface area contributed by atoms with Crippen molar-refractivity contribution in [3.8, 4) is 0 Å². The molecule has 0 heterocycles. The molecule has 86 valence electrons. The van der Waals surface area contributed by atoms with Crippen molar-refractivity contribution in [2.75, 3.05) is 0 Å². The molecule has 0 spiro atoms. The van der Waals surface area contributed by atoms with Crippen molar-refractivity contribution >= 4 is 21.9 Å². The van der Waals surface area contributed by atoms with Crippen LogP contribution in [0.25, 0.3) is 0 Å². The van der Waals surface area contributed by atoms with Gasteiger partial charge in [0.25, 0.3) is 0 Å². The Kier molecular flexibility index (Phi) is 2.97. The second-order valence-corrected chi connectivity index (χ2v) is 4.71. The van der Waals surface area contributed by atoms with Crippen molar-refractivity contribution in [1.82, 2.24) is 0 Å². The molecule has 2 nitrogen and oxygen atoms in total. The van der Waals surface area contributed by atoms with Crippen molar-refractivity contribution in [2.45, 2.75) is 18.8 Å². The number of hydrogen-bond donors (Lipinski definition) is 1. The van der Waals surface area contributed by atoms with Crippen LogP contribution < -0.4 is 0 Å². The van der Waals surface area contributed by atoms with Gasteiger partial charge in [0, 0.05) is 0 Å². The van der Waals surface area contributed by atoms with Gasteiger partial charge in [0.2, 0.25) is 0 Å². The van der Waals surface area contributed by atoms with Crippen molar-refractivity contribution < 1.29 is 18.7 Å². The smallest absolute Gasteiger partial charge is 0.311 e. The lowest BCUT2D eigenvalue weighted by Gasteiger charge is -2.14. The number of carboxylic acids is 1. The van der Waals surface area contributed by atoms with Crippen LogP contribution in [-0.4, -0.2) is 11.1 Å². The second kappa shape index (κ2) is 4.13. The monoisotopic (exact) mass is 290 g/mol. The fourth-order valence-electron chi connectivity index (χ4n) is 1.80. The fourth-order valence-corrected chi connectivity index (χ4v) is 2.37. The third-order valence-electron chi connectivity index (χ3n) is 2.76. The first kappa shape index (κ1) is 11.5. The molecule has 1 aliphatic carbocycles. The van der Waals surface area contributed by atoms with Crippen LogP contribution in [0.3, 0.4) is 0 Å². The van der Waals surface area contributed by atoms with Crippen LogP contribution in [0.15, 0.2) is 16.6 Å². The van der Waals surface area contributed by atoms with E-state index in [1.807, 2.05) is 0 Å². The van der Waals surface area contributed by atoms with Crippen molar-refractivity contribution in [2.24, 2.45) is 5.92 Å². The maximum atomic E-state index is 13.3. The highest BCUT2D eigenvalue weighted by molar-refractivity contribution is 9.10. The third kappa shape index (κ3) is 1.96. The molecule has 16 heavy (non-hydrogen) atoms. The van der Waals surface area contributed by atoms with E-state index in [0.29, 0.717) is 5.56 Å². The maximum Gasteiger partial charge on any atom is 0.311 e. The summed E-state index contributed by atoms with van der Waals surface area (Å²) in [5.74, 6) is -3.70. The van der Waals surface area contributed by atoms with Crippen molar-refractivity contribution in [3.05, 3.63) is 33.8 Å². The summed E-state index contributed by atoms with van der Waals surface area (Å²) in [6.45, 7) is 0. The zero-order valence-electron chi connectivity index (χ0n) is 8.21. The lowest BCUT2D eigenvalue weighted by Crippen LogP contribution is -2.15. The highest BCUT2D eigenvalue weighted by Gasteiger charge is 2.39. The Labute approximate surface area is 99.4 Å². The number of carbonyl (C=O) groups is 1. The van der Waals surface area contributed by atoms with Crippen LogP contribution in [0.2, 0.25) is 0 Å². The van der Waals surface area contributed by atoms with Crippen LogP contribution in [0.4, 0.5) is 8.78 Å². The van der Waals surface area contributed by atoms with Gasteiger partial charge in [-0.25, -0.2) is 8.78 Å². The Hall–Kier alpha value is -0.970. The SMILES string of the molecule is O=C(O)C(c1ccc(F)c(F)c1Br)C1CC1. The van der Waals surface area contributed by atoms with E-state index in [9.17, 15) is 13.6 Å². The molecule has 0 saturated heterocycles. The van der Waals surface area contributed by atoms with E-state index >= 15 is 0 Å². The average molecular weight is 291 g/mol. The fraction of sp³-hybridized carbons (Fsp3) is 0.364. The summed E-state index contributed by atoms with van der Waals surface area (Å²) in [4.78, 5) is 11.1. The van der Waals surface area contributed by atoms with Crippen LogP contribution in [-0.2, 0) is 4.79 Å². The quantitative estimate of drug-likeness (QED) is 0.867. The molecule has 1 saturated carbocycles. The minimum absolute atomic E-state index is 0.0404. The Morgan fingerprint density at radius 1 is 1.44 bits per heavy atom. The van der Waals surface area contributed by atoms with E-state index < -0.39 is 23.5 Å². The van der Waals surface area contributed by atoms with Crippen LogP contribution in [0, 0.1) is 17.6 Å². The minimum Gasteiger partial charge on any atom is -0.481 e. The first-order valence-electron chi connectivity index (χ1n) is 4.88. The third-order valence-corrected chi connectivity index (χ3v) is 3.57. The molecule has 1 aliphatic rings. The normalized spacial score (nSPS) is 17.2. The average Bonchev–Trinajstić information content (AvgIpc) is 3.02. The van der Waals surface area contributed by atoms with Crippen LogP contribution >= 0.6 is 15.9 Å². The van der Waals surface area contributed by atoms with Gasteiger partial charge >= 0.3 is 5.97 Å². The second-order valence-electron chi connectivity index (χ2n) is 3.92. The zero-order valence-corrected chi connectivity index (χ0v) is 9.80. The summed E-state index contributed by atoms with van der Waals surface area (Å²) in [5.41, 5.74) is 0.314. The predicted octanol–water partition coefficient (Wildman–Crippen LogP) is 3.31. The van der Waals surface area contributed by atoms with Gasteiger partial charge in [0.1, 0.15) is 0 Å². The van der Waals surface area contributed by atoms with E-state index in [1.165, 1.54) is 6.07 Å². The molecule has 1 N–H and O–H groups in total. The summed E-state index contributed by atoms with van der Waals surface area (Å²) in [5, 5.41) is 9.08. The molecule has 0 amide bonds. The molecule has 2 rings (SSSR count). The van der Waals surface area contributed by atoms with Gasteiger partial charge in [0.15, 0.2) is 11.6 Å². The highest BCUT2D eigenvalue weighted by Crippen LogP contribution is 2.45. The molecule has 1 aromatic rings. The molecule has 1 aromatic carbocycles. The van der Waals surface area contributed by atoms with E-state index in [1.54, 1.807) is 0 Å². The minimum atomic E-state index is -1.02. The maximum absolute atomic E-state index is 13.3. The topological polar surface area (TPSA) is 37.3 Å². The van der Waals surface area contributed by atoms with E-state index in [4.69, 9.17) is 5.11 Å². The van der Waals surface area contributed by atoms with Crippen LogP contribution in [0.1, 0.15) is 24.3 Å². The lowest BCUT2D eigenvalue weighted by atomic mass is 9.94. The molecular weight excluding hydrogens is 282 g/mol. The van der Waals surface area contributed by atoms with E-state index in [-0.39, 0.29) is 10.4 Å². The zero-order chi connectivity index (χ0) is 11.9. The molecule has 0 bridgehead atoms. The number of rotatable bonds is 3. The van der Waals surface area contributed by atoms with Gasteiger partial charge in [-0.3, -0.25) is 4.79 Å². The molecule has 5 heteroatoms. The Bertz CT molecular complexity index is 444. The van der Waals surface area contributed by atoms with Gasteiger partial charge in [-0.2, -0.15) is 0 Å². The van der Waals surface area contributed by atoms with Crippen LogP contribution in [0.5, 0.6) is 0 Å². The molecule has 1 unspecified atom stereocenters. The van der Waals surface area contributed by atoms with E-state index in [2.05, 4.69) is 15.9 Å². The molecule has 1 atom stereocenters. The van der Waals surface area contributed by atoms with Gasteiger partial charge in [0.05, 0.1) is 10.4 Å². The summed E-state index contributed by atoms with van der Waals surface area (Å²) < 4.78 is 26.1. The van der Waals surface area contributed by atoms with E-state index in [0.717, 1.165) is 18.9 Å². The highest BCUT2D eigenvalue weighted by atomic mass is 79.9. The molecule has 0 aromatic heterocycles. The summed E-state index contributed by atoms with van der Waals surface area (Å²) in [7, 11) is 0. The lowest BCUT2D eigenvalue weighted by molar-refractivity contribution is -0.139. The summed E-state index contributed by atoms with van der Waals surface area (Å²) >= 11 is 2.92. The van der Waals surface area contributed by atoms with Gasteiger partial charge in [-0.1, -0.05) is 6.07 Å². The molecule has 0 radical (unpaired) electrons. The first-order valence-corrected chi connectivity index (χ1v) is 5.68. The van der Waals surface area contributed by atoms with Gasteiger partial charge in [-0.15, -0.1) is 0 Å². The molecule has 1 fully saturated rings. The number of aliphatic carboxylic acids is 1. The number of hydrogen-bond acceptors (Lipinski definition) is 1. The molecule has 0 aliphatic heterocycles. The number of benzene rings is 1. The number of halogens is 3. The Balaban J connectivity index is 2.45. The van der Waals surface area contributed by atoms with Crippen molar-refractivity contribution in [3.63, 3.8) is 0 Å². The van der Waals surface area contributed by atoms with Gasteiger partial charge in [-0.05, 0) is 46.3 Å². The van der Waals surface area contributed by atoms with Gasteiger partial charge < -0.3 is 5.11 Å². The number of carboxylic acid groups (broad SMARTS) is 1. The molecular formula is C11H9BrF2O2. The Morgan fingerprint density at radius 2 is 2.06 bits per heavy atom. The standard InChI is InChI=1S/C11H9BrF2O2/c12-9-6(3-4-7(13)10(9)14)8(11(15)16)5-1-2-5/h3-5,8H,1-2H2,(H,15,16). The first-order chi connectivity index (χ1) is 7.52. The predicted molar refractivity (Wildman–Crippen MR) is 57.2 cm³/mol. The Morgan fingerprint density at radius 3 is 2.56 bits per heavy atom. The van der Waals surface area contributed by atoms with Crippen molar-refractivity contribution in [1.29, 1.82) is 0 Å². The summed E-state index contributed by atoms with van der Waals surface area (Å²) in [6.07, 6.45) is 1.64.